The van der Waals surface area contributed by atoms with Gasteiger partial charge in [0.05, 0.1) is 14.2 Å². The predicted octanol–water partition coefficient (Wildman–Crippen LogP) is 1.42. The van der Waals surface area contributed by atoms with Crippen LogP contribution < -0.4 is 0 Å². The number of carbonyl (C=O) groups is 2. The molecule has 0 aromatic heterocycles. The Balaban J connectivity index is 4.93. The molecule has 0 bridgehead atoms. The predicted molar refractivity (Wildman–Crippen MR) is 67.0 cm³/mol. The fourth-order valence-electron chi connectivity index (χ4n) is 1.95. The van der Waals surface area contributed by atoms with Gasteiger partial charge in [0.15, 0.2) is 5.92 Å². The molecule has 0 radical (unpaired) electrons. The van der Waals surface area contributed by atoms with E-state index in [2.05, 4.69) is 9.47 Å². The zero-order valence-corrected chi connectivity index (χ0v) is 11.6. The first-order chi connectivity index (χ1) is 8.97. The van der Waals surface area contributed by atoms with Crippen molar-refractivity contribution in [3.05, 3.63) is 10.1 Å². The molecule has 0 aromatic carbocycles. The largest absolute Gasteiger partial charge is 0.468 e. The SMILES string of the molecule is CCCCC[C@@H](C[N+](=O)[O-])C(C(=O)OC)C(=O)OC. The quantitative estimate of drug-likeness (QED) is 0.207. The van der Waals surface area contributed by atoms with Crippen LogP contribution in [0.2, 0.25) is 0 Å². The van der Waals surface area contributed by atoms with Gasteiger partial charge in [-0.15, -0.1) is 0 Å². The Bertz CT molecular complexity index is 301. The van der Waals surface area contributed by atoms with E-state index in [9.17, 15) is 19.7 Å². The number of methoxy groups -OCH3 is 2. The van der Waals surface area contributed by atoms with Gasteiger partial charge in [-0.25, -0.2) is 0 Å². The van der Waals surface area contributed by atoms with Crippen LogP contribution in [0.4, 0.5) is 0 Å². The third kappa shape index (κ3) is 6.17. The summed E-state index contributed by atoms with van der Waals surface area (Å²) in [6.45, 7) is 1.55. The molecule has 0 rings (SSSR count). The molecular weight excluding hydrogens is 254 g/mol. The van der Waals surface area contributed by atoms with Gasteiger partial charge in [0.25, 0.3) is 0 Å². The van der Waals surface area contributed by atoms with E-state index >= 15 is 0 Å². The lowest BCUT2D eigenvalue weighted by Crippen LogP contribution is -2.36. The highest BCUT2D eigenvalue weighted by Gasteiger charge is 2.39. The van der Waals surface area contributed by atoms with Crippen molar-refractivity contribution < 1.29 is 24.0 Å². The van der Waals surface area contributed by atoms with E-state index in [1.807, 2.05) is 6.92 Å². The van der Waals surface area contributed by atoms with E-state index in [0.29, 0.717) is 6.42 Å². The summed E-state index contributed by atoms with van der Waals surface area (Å²) < 4.78 is 9.08. The van der Waals surface area contributed by atoms with Gasteiger partial charge in [0.1, 0.15) is 0 Å². The van der Waals surface area contributed by atoms with Gasteiger partial charge in [-0.05, 0) is 6.42 Å². The topological polar surface area (TPSA) is 95.7 Å². The molecule has 0 aliphatic rings. The zero-order valence-electron chi connectivity index (χ0n) is 11.6. The summed E-state index contributed by atoms with van der Waals surface area (Å²) in [5.41, 5.74) is 0. The zero-order chi connectivity index (χ0) is 14.8. The molecule has 0 N–H and O–H groups in total. The van der Waals surface area contributed by atoms with Crippen molar-refractivity contribution in [3.8, 4) is 0 Å². The normalized spacial score (nSPS) is 12.0. The molecule has 0 saturated carbocycles. The minimum absolute atomic E-state index is 0.420. The molecule has 0 aliphatic carbocycles. The van der Waals surface area contributed by atoms with Crippen molar-refractivity contribution in [1.29, 1.82) is 0 Å². The van der Waals surface area contributed by atoms with Gasteiger partial charge in [0.2, 0.25) is 6.54 Å². The number of rotatable bonds is 9. The van der Waals surface area contributed by atoms with Crippen molar-refractivity contribution in [2.24, 2.45) is 11.8 Å². The average molecular weight is 275 g/mol. The summed E-state index contributed by atoms with van der Waals surface area (Å²) in [6, 6.07) is 0. The van der Waals surface area contributed by atoms with Gasteiger partial charge in [0, 0.05) is 10.8 Å². The van der Waals surface area contributed by atoms with Gasteiger partial charge < -0.3 is 9.47 Å². The number of esters is 2. The smallest absolute Gasteiger partial charge is 0.320 e. The molecule has 0 aliphatic heterocycles. The second-order valence-corrected chi connectivity index (χ2v) is 4.30. The Morgan fingerprint density at radius 1 is 1.16 bits per heavy atom. The molecule has 7 heteroatoms. The Labute approximate surface area is 112 Å². The third-order valence-corrected chi connectivity index (χ3v) is 2.94. The van der Waals surface area contributed by atoms with Gasteiger partial charge in [-0.2, -0.15) is 0 Å². The summed E-state index contributed by atoms with van der Waals surface area (Å²) in [7, 11) is 2.29. The number of ether oxygens (including phenoxy) is 2. The van der Waals surface area contributed by atoms with Gasteiger partial charge in [-0.3, -0.25) is 19.7 Å². The van der Waals surface area contributed by atoms with Crippen molar-refractivity contribution in [2.75, 3.05) is 20.8 Å². The Morgan fingerprint density at radius 3 is 2.05 bits per heavy atom. The standard InChI is InChI=1S/C12H21NO6/c1-4-5-6-7-9(8-13(16)17)10(11(14)18-2)12(15)19-3/h9-10H,4-8H2,1-3H3/t9-/m0/s1. The first-order valence-electron chi connectivity index (χ1n) is 6.25. The Kier molecular flexibility index (Phi) is 8.48. The number of carbonyl (C=O) groups excluding carboxylic acids is 2. The van der Waals surface area contributed by atoms with E-state index in [4.69, 9.17) is 0 Å². The fraction of sp³-hybridized carbons (Fsp3) is 0.833. The summed E-state index contributed by atoms with van der Waals surface area (Å²) in [4.78, 5) is 33.4. The molecule has 0 unspecified atom stereocenters. The molecule has 0 fully saturated rings. The minimum atomic E-state index is -1.22. The third-order valence-electron chi connectivity index (χ3n) is 2.94. The van der Waals surface area contributed by atoms with E-state index in [1.54, 1.807) is 0 Å². The molecule has 110 valence electrons. The van der Waals surface area contributed by atoms with E-state index in [-0.39, 0.29) is 0 Å². The van der Waals surface area contributed by atoms with E-state index in [0.717, 1.165) is 33.5 Å². The molecule has 0 spiro atoms. The van der Waals surface area contributed by atoms with Crippen molar-refractivity contribution in [2.45, 2.75) is 32.6 Å². The fourth-order valence-corrected chi connectivity index (χ4v) is 1.95. The minimum Gasteiger partial charge on any atom is -0.468 e. The van der Waals surface area contributed by atoms with Crippen LogP contribution in [-0.2, 0) is 19.1 Å². The van der Waals surface area contributed by atoms with E-state index < -0.39 is 35.2 Å². The maximum absolute atomic E-state index is 11.6. The van der Waals surface area contributed by atoms with E-state index in [1.165, 1.54) is 0 Å². The summed E-state index contributed by atoms with van der Waals surface area (Å²) >= 11 is 0. The maximum atomic E-state index is 11.6. The maximum Gasteiger partial charge on any atom is 0.320 e. The van der Waals surface area contributed by atoms with Crippen LogP contribution in [-0.4, -0.2) is 37.6 Å². The van der Waals surface area contributed by atoms with Crippen LogP contribution in [0.3, 0.4) is 0 Å². The summed E-state index contributed by atoms with van der Waals surface area (Å²) in [5, 5.41) is 10.7. The number of hydrogen-bond donors (Lipinski definition) is 0. The second kappa shape index (κ2) is 9.29. The molecular formula is C12H21NO6. The van der Waals surface area contributed by atoms with Crippen LogP contribution in [0.15, 0.2) is 0 Å². The number of nitrogens with zero attached hydrogens (tertiary/aromatic N) is 1. The Morgan fingerprint density at radius 2 is 1.68 bits per heavy atom. The highest BCUT2D eigenvalue weighted by Crippen LogP contribution is 2.22. The second-order valence-electron chi connectivity index (χ2n) is 4.30. The molecule has 0 heterocycles. The number of hydrogen-bond acceptors (Lipinski definition) is 6. The molecule has 19 heavy (non-hydrogen) atoms. The van der Waals surface area contributed by atoms with Crippen molar-refractivity contribution >= 4 is 11.9 Å². The van der Waals surface area contributed by atoms with Crippen LogP contribution in [0.25, 0.3) is 0 Å². The van der Waals surface area contributed by atoms with Gasteiger partial charge in [-0.1, -0.05) is 26.2 Å². The molecule has 0 amide bonds. The average Bonchev–Trinajstić information content (AvgIpc) is 2.37. The molecule has 0 saturated heterocycles. The number of nitro groups is 1. The van der Waals surface area contributed by atoms with Crippen molar-refractivity contribution in [3.63, 3.8) is 0 Å². The number of unbranched alkanes of at least 4 members (excludes halogenated alkanes) is 2. The first kappa shape index (κ1) is 17.3. The van der Waals surface area contributed by atoms with Crippen LogP contribution in [0.5, 0.6) is 0 Å². The lowest BCUT2D eigenvalue weighted by atomic mass is 9.87. The van der Waals surface area contributed by atoms with Crippen LogP contribution in [0, 0.1) is 22.0 Å². The highest BCUT2D eigenvalue weighted by atomic mass is 16.6. The van der Waals surface area contributed by atoms with Gasteiger partial charge >= 0.3 is 11.9 Å². The lowest BCUT2D eigenvalue weighted by Gasteiger charge is -2.20. The molecule has 1 atom stereocenters. The summed E-state index contributed by atoms with van der Waals surface area (Å²) in [6.07, 6.45) is 2.98. The lowest BCUT2D eigenvalue weighted by molar-refractivity contribution is -0.489. The molecule has 0 aromatic rings. The van der Waals surface area contributed by atoms with Crippen molar-refractivity contribution in [1.82, 2.24) is 0 Å². The summed E-state index contributed by atoms with van der Waals surface area (Å²) in [5.74, 6) is -3.48. The van der Waals surface area contributed by atoms with Crippen LogP contribution >= 0.6 is 0 Å². The Hall–Kier alpha value is -1.66. The monoisotopic (exact) mass is 275 g/mol. The first-order valence-corrected chi connectivity index (χ1v) is 6.25. The highest BCUT2D eigenvalue weighted by molar-refractivity contribution is 5.95. The van der Waals surface area contributed by atoms with Crippen LogP contribution in [0.1, 0.15) is 32.6 Å². The molecule has 7 nitrogen and oxygen atoms in total.